The van der Waals surface area contributed by atoms with Crippen molar-refractivity contribution in [3.8, 4) is 5.75 Å². The molecule has 4 heterocycles. The second-order valence-corrected chi connectivity index (χ2v) is 8.28. The van der Waals surface area contributed by atoms with E-state index < -0.39 is 0 Å². The normalized spacial score (nSPS) is 14.5. The van der Waals surface area contributed by atoms with Crippen LogP contribution in [0.15, 0.2) is 48.8 Å². The standard InChI is InChI=1S/C24H27N7O2/c1-33-18-4-2-3-16(13-18)14-22(32)31-11-7-17(8-12-31)20-6-5-19-23(29-30-24(19)28-20)27-15-21-25-9-10-26-21/h2-6,9-10,13,17H,7-8,11-12,14-15H2,1H3,(H,25,26)(H2,27,28,29,30). The summed E-state index contributed by atoms with van der Waals surface area (Å²) in [5, 5.41) is 11.6. The van der Waals surface area contributed by atoms with Crippen LogP contribution in [0.25, 0.3) is 11.0 Å². The number of H-pyrrole nitrogens is 2. The first kappa shape index (κ1) is 21.0. The van der Waals surface area contributed by atoms with E-state index in [0.29, 0.717) is 18.9 Å². The van der Waals surface area contributed by atoms with E-state index in [0.717, 1.165) is 65.6 Å². The van der Waals surface area contributed by atoms with Crippen LogP contribution in [0.3, 0.4) is 0 Å². The van der Waals surface area contributed by atoms with Gasteiger partial charge in [-0.15, -0.1) is 0 Å². The van der Waals surface area contributed by atoms with Gasteiger partial charge in [0.25, 0.3) is 0 Å². The topological polar surface area (TPSA) is 112 Å². The molecule has 1 fully saturated rings. The smallest absolute Gasteiger partial charge is 0.226 e. The van der Waals surface area contributed by atoms with Crippen molar-refractivity contribution < 1.29 is 9.53 Å². The molecule has 0 radical (unpaired) electrons. The number of likely N-dealkylation sites (tertiary alicyclic amines) is 1. The average molecular weight is 446 g/mol. The summed E-state index contributed by atoms with van der Waals surface area (Å²) in [5.74, 6) is 2.88. The molecule has 5 rings (SSSR count). The molecule has 3 aromatic heterocycles. The van der Waals surface area contributed by atoms with Crippen molar-refractivity contribution in [2.45, 2.75) is 31.7 Å². The van der Waals surface area contributed by atoms with Gasteiger partial charge in [-0.1, -0.05) is 12.1 Å². The van der Waals surface area contributed by atoms with Gasteiger partial charge in [0.05, 0.1) is 25.5 Å². The quantitative estimate of drug-likeness (QED) is 0.403. The van der Waals surface area contributed by atoms with Crippen LogP contribution in [-0.2, 0) is 17.8 Å². The highest BCUT2D eigenvalue weighted by Crippen LogP contribution is 2.29. The first-order valence-corrected chi connectivity index (χ1v) is 11.2. The number of aromatic nitrogens is 5. The maximum atomic E-state index is 12.8. The predicted molar refractivity (Wildman–Crippen MR) is 125 cm³/mol. The summed E-state index contributed by atoms with van der Waals surface area (Å²) in [6.45, 7) is 2.05. The van der Waals surface area contributed by atoms with Gasteiger partial charge in [0.1, 0.15) is 11.6 Å². The molecule has 170 valence electrons. The first-order chi connectivity index (χ1) is 16.2. The molecule has 0 unspecified atom stereocenters. The van der Waals surface area contributed by atoms with E-state index in [4.69, 9.17) is 9.72 Å². The minimum absolute atomic E-state index is 0.158. The molecule has 0 atom stereocenters. The Balaban J connectivity index is 1.19. The molecule has 1 aliphatic heterocycles. The Morgan fingerprint density at radius 2 is 2.12 bits per heavy atom. The molecule has 0 aliphatic carbocycles. The van der Waals surface area contributed by atoms with Gasteiger partial charge in [-0.3, -0.25) is 9.89 Å². The van der Waals surface area contributed by atoms with E-state index in [1.165, 1.54) is 0 Å². The number of nitrogens with one attached hydrogen (secondary N) is 3. The van der Waals surface area contributed by atoms with E-state index in [-0.39, 0.29) is 5.91 Å². The third-order valence-electron chi connectivity index (χ3n) is 6.18. The fourth-order valence-corrected chi connectivity index (χ4v) is 4.34. The van der Waals surface area contributed by atoms with Gasteiger partial charge in [0.2, 0.25) is 5.91 Å². The van der Waals surface area contributed by atoms with Crippen LogP contribution in [0.5, 0.6) is 5.75 Å². The number of imidazole rings is 1. The fraction of sp³-hybridized carbons (Fsp3) is 0.333. The van der Waals surface area contributed by atoms with E-state index >= 15 is 0 Å². The lowest BCUT2D eigenvalue weighted by atomic mass is 9.92. The molecular weight excluding hydrogens is 418 g/mol. The molecule has 0 saturated carbocycles. The molecule has 3 N–H and O–H groups in total. The third-order valence-corrected chi connectivity index (χ3v) is 6.18. The van der Waals surface area contributed by atoms with Gasteiger partial charge < -0.3 is 19.9 Å². The van der Waals surface area contributed by atoms with E-state index in [2.05, 4.69) is 37.6 Å². The number of anilines is 1. The van der Waals surface area contributed by atoms with Crippen molar-refractivity contribution >= 4 is 22.8 Å². The minimum Gasteiger partial charge on any atom is -0.497 e. The molecule has 0 bridgehead atoms. The Hall–Kier alpha value is -3.88. The third kappa shape index (κ3) is 4.67. The molecule has 1 saturated heterocycles. The van der Waals surface area contributed by atoms with Crippen LogP contribution in [0.1, 0.15) is 35.8 Å². The summed E-state index contributed by atoms with van der Waals surface area (Å²) in [6.07, 6.45) is 5.73. The highest BCUT2D eigenvalue weighted by atomic mass is 16.5. The van der Waals surface area contributed by atoms with Crippen LogP contribution in [0.2, 0.25) is 0 Å². The molecule has 4 aromatic rings. The van der Waals surface area contributed by atoms with Crippen molar-refractivity contribution in [2.75, 3.05) is 25.5 Å². The summed E-state index contributed by atoms with van der Waals surface area (Å²) < 4.78 is 5.26. The number of nitrogens with zero attached hydrogens (tertiary/aromatic N) is 4. The minimum atomic E-state index is 0.158. The highest BCUT2D eigenvalue weighted by Gasteiger charge is 2.25. The maximum Gasteiger partial charge on any atom is 0.226 e. The summed E-state index contributed by atoms with van der Waals surface area (Å²) in [7, 11) is 1.64. The number of piperidine rings is 1. The van der Waals surface area contributed by atoms with Gasteiger partial charge in [0.15, 0.2) is 11.5 Å². The van der Waals surface area contributed by atoms with Crippen molar-refractivity contribution in [1.29, 1.82) is 0 Å². The molecule has 1 aliphatic rings. The van der Waals surface area contributed by atoms with Gasteiger partial charge in [-0.2, -0.15) is 5.10 Å². The Kier molecular flexibility index (Phi) is 5.93. The zero-order valence-electron chi connectivity index (χ0n) is 18.5. The van der Waals surface area contributed by atoms with Crippen LogP contribution in [0, 0.1) is 0 Å². The molecule has 0 spiro atoms. The number of aromatic amines is 2. The number of pyridine rings is 1. The largest absolute Gasteiger partial charge is 0.497 e. The summed E-state index contributed by atoms with van der Waals surface area (Å²) in [4.78, 5) is 26.8. The SMILES string of the molecule is COc1cccc(CC(=O)N2CCC(c3ccc4c(NCc5ncc[nH]5)n[nH]c4n3)CC2)c1. The second-order valence-electron chi connectivity index (χ2n) is 8.28. The van der Waals surface area contributed by atoms with Crippen LogP contribution in [0.4, 0.5) is 5.82 Å². The maximum absolute atomic E-state index is 12.8. The highest BCUT2D eigenvalue weighted by molar-refractivity contribution is 5.87. The van der Waals surface area contributed by atoms with Crippen molar-refractivity contribution in [2.24, 2.45) is 0 Å². The average Bonchev–Trinajstić information content (AvgIpc) is 3.52. The molecule has 1 amide bonds. The number of fused-ring (bicyclic) bond motifs is 1. The summed E-state index contributed by atoms with van der Waals surface area (Å²) >= 11 is 0. The van der Waals surface area contributed by atoms with Crippen LogP contribution >= 0.6 is 0 Å². The Bertz CT molecular complexity index is 1230. The van der Waals surface area contributed by atoms with Crippen molar-refractivity contribution in [3.63, 3.8) is 0 Å². The molecular formula is C24H27N7O2. The number of amides is 1. The zero-order chi connectivity index (χ0) is 22.6. The number of ether oxygens (including phenoxy) is 1. The Morgan fingerprint density at radius 1 is 1.24 bits per heavy atom. The number of carbonyl (C=O) groups excluding carboxylic acids is 1. The Labute approximate surface area is 191 Å². The predicted octanol–water partition coefficient (Wildman–Crippen LogP) is 3.25. The van der Waals surface area contributed by atoms with Crippen molar-refractivity contribution in [3.05, 3.63) is 65.9 Å². The number of hydrogen-bond acceptors (Lipinski definition) is 6. The lowest BCUT2D eigenvalue weighted by Crippen LogP contribution is -2.38. The van der Waals surface area contributed by atoms with Gasteiger partial charge in [0, 0.05) is 37.1 Å². The summed E-state index contributed by atoms with van der Waals surface area (Å²) in [6, 6.07) is 11.8. The van der Waals surface area contributed by atoms with Crippen LogP contribution < -0.4 is 10.1 Å². The number of carbonyl (C=O) groups is 1. The number of hydrogen-bond donors (Lipinski definition) is 3. The Morgan fingerprint density at radius 3 is 2.91 bits per heavy atom. The number of methoxy groups -OCH3 is 1. The zero-order valence-corrected chi connectivity index (χ0v) is 18.5. The fourth-order valence-electron chi connectivity index (χ4n) is 4.34. The number of benzene rings is 1. The lowest BCUT2D eigenvalue weighted by Gasteiger charge is -2.32. The lowest BCUT2D eigenvalue weighted by molar-refractivity contribution is -0.131. The summed E-state index contributed by atoms with van der Waals surface area (Å²) in [5.41, 5.74) is 2.79. The number of rotatable bonds is 7. The van der Waals surface area contributed by atoms with Crippen LogP contribution in [-0.4, -0.2) is 56.2 Å². The molecule has 9 nitrogen and oxygen atoms in total. The first-order valence-electron chi connectivity index (χ1n) is 11.2. The monoisotopic (exact) mass is 445 g/mol. The van der Waals surface area contributed by atoms with Crippen molar-refractivity contribution in [1.82, 2.24) is 30.0 Å². The molecule has 1 aromatic carbocycles. The van der Waals surface area contributed by atoms with Gasteiger partial charge in [-0.25, -0.2) is 9.97 Å². The van der Waals surface area contributed by atoms with E-state index in [1.54, 1.807) is 19.5 Å². The molecule has 33 heavy (non-hydrogen) atoms. The second kappa shape index (κ2) is 9.32. The van der Waals surface area contributed by atoms with E-state index in [1.807, 2.05) is 29.2 Å². The van der Waals surface area contributed by atoms with Gasteiger partial charge in [-0.05, 0) is 42.7 Å². The van der Waals surface area contributed by atoms with Gasteiger partial charge >= 0.3 is 0 Å². The molecule has 9 heteroatoms. The van der Waals surface area contributed by atoms with E-state index in [9.17, 15) is 4.79 Å².